The van der Waals surface area contributed by atoms with Crippen molar-refractivity contribution in [1.82, 2.24) is 15.0 Å². The summed E-state index contributed by atoms with van der Waals surface area (Å²) in [6.07, 6.45) is 3.72. The smallest absolute Gasteiger partial charge is 0.160 e. The number of hydrogen-bond donors (Lipinski definition) is 0. The van der Waals surface area contributed by atoms with Gasteiger partial charge in [0.15, 0.2) is 5.82 Å². The van der Waals surface area contributed by atoms with E-state index >= 15 is 0 Å². The predicted octanol–water partition coefficient (Wildman–Crippen LogP) is 11.5. The van der Waals surface area contributed by atoms with E-state index in [1.165, 1.54) is 22.3 Å². The maximum Gasteiger partial charge on any atom is 0.160 e. The highest BCUT2D eigenvalue weighted by atomic mass is 14.9. The number of nitrogens with zero attached hydrogens (tertiary/aromatic N) is 4. The molecule has 0 bridgehead atoms. The largest absolute Gasteiger partial charge is 0.264 e. The lowest BCUT2D eigenvalue weighted by Crippen LogP contribution is -2.15. The summed E-state index contributed by atoms with van der Waals surface area (Å²) in [5.41, 5.74) is 14.5. The first-order valence-corrected chi connectivity index (χ1v) is 17.1. The Kier molecular flexibility index (Phi) is 7.15. The third kappa shape index (κ3) is 5.28. The molecule has 0 spiro atoms. The average Bonchev–Trinajstić information content (AvgIpc) is 3.41. The standard InChI is InChI=1S/C47H32N4/c1-47(2)42-25-32(18-19-39(42)41-24-33-15-9-16-34(28-48)40(33)26-43(41)47)36-21-37(35-17-10-20-49-29-35)23-38(22-36)45-27-44(30-11-5-3-6-12-30)50-46(51-45)31-13-7-4-8-14-31/h3-27,29H,1-2H3. The minimum absolute atomic E-state index is 0.247. The van der Waals surface area contributed by atoms with E-state index in [9.17, 15) is 5.26 Å². The molecular formula is C47H32N4. The van der Waals surface area contributed by atoms with E-state index in [2.05, 4.69) is 116 Å². The van der Waals surface area contributed by atoms with Gasteiger partial charge in [0.2, 0.25) is 0 Å². The molecule has 0 radical (unpaired) electrons. The quantitative estimate of drug-likeness (QED) is 0.186. The molecule has 0 fully saturated rings. The Labute approximate surface area is 297 Å². The van der Waals surface area contributed by atoms with Crippen LogP contribution in [0.5, 0.6) is 0 Å². The van der Waals surface area contributed by atoms with Crippen LogP contribution >= 0.6 is 0 Å². The number of aromatic nitrogens is 3. The van der Waals surface area contributed by atoms with Gasteiger partial charge in [-0.25, -0.2) is 9.97 Å². The van der Waals surface area contributed by atoms with Gasteiger partial charge in [0, 0.05) is 40.1 Å². The summed E-state index contributed by atoms with van der Waals surface area (Å²) in [6.45, 7) is 4.58. The lowest BCUT2D eigenvalue weighted by atomic mass is 9.80. The Hall–Kier alpha value is -6.70. The Balaban J connectivity index is 1.23. The lowest BCUT2D eigenvalue weighted by molar-refractivity contribution is 0.661. The molecule has 0 N–H and O–H groups in total. The van der Waals surface area contributed by atoms with Crippen LogP contribution in [0.2, 0.25) is 0 Å². The summed E-state index contributed by atoms with van der Waals surface area (Å²) in [7, 11) is 0. The zero-order valence-electron chi connectivity index (χ0n) is 28.3. The first kappa shape index (κ1) is 30.4. The molecule has 0 saturated heterocycles. The normalized spacial score (nSPS) is 12.6. The minimum atomic E-state index is -0.247. The number of pyridine rings is 1. The van der Waals surface area contributed by atoms with Crippen LogP contribution in [0.3, 0.4) is 0 Å². The maximum absolute atomic E-state index is 9.84. The van der Waals surface area contributed by atoms with Crippen molar-refractivity contribution in [1.29, 1.82) is 5.26 Å². The molecule has 0 aliphatic heterocycles. The van der Waals surface area contributed by atoms with Gasteiger partial charge in [0.1, 0.15) is 0 Å². The van der Waals surface area contributed by atoms with Gasteiger partial charge in [-0.3, -0.25) is 4.98 Å². The first-order valence-electron chi connectivity index (χ1n) is 17.1. The molecule has 6 aromatic carbocycles. The van der Waals surface area contributed by atoms with Gasteiger partial charge in [-0.05, 0) is 104 Å². The number of rotatable bonds is 5. The van der Waals surface area contributed by atoms with Gasteiger partial charge in [0.25, 0.3) is 0 Å². The molecule has 1 aliphatic rings. The van der Waals surface area contributed by atoms with Crippen molar-refractivity contribution >= 4 is 10.8 Å². The Morgan fingerprint density at radius 1 is 0.510 bits per heavy atom. The number of hydrogen-bond acceptors (Lipinski definition) is 4. The number of fused-ring (bicyclic) bond motifs is 4. The molecule has 0 amide bonds. The Bertz CT molecular complexity index is 2600. The molecule has 8 aromatic rings. The minimum Gasteiger partial charge on any atom is -0.264 e. The van der Waals surface area contributed by atoms with Gasteiger partial charge in [0.05, 0.1) is 23.0 Å². The van der Waals surface area contributed by atoms with Crippen molar-refractivity contribution in [2.45, 2.75) is 19.3 Å². The number of benzene rings is 6. The molecule has 0 atom stereocenters. The highest BCUT2D eigenvalue weighted by Gasteiger charge is 2.36. The van der Waals surface area contributed by atoms with Crippen molar-refractivity contribution in [3.63, 3.8) is 0 Å². The molecule has 2 aromatic heterocycles. The summed E-state index contributed by atoms with van der Waals surface area (Å²) in [5.74, 6) is 0.685. The van der Waals surface area contributed by atoms with E-state index < -0.39 is 0 Å². The molecule has 1 aliphatic carbocycles. The Morgan fingerprint density at radius 2 is 1.18 bits per heavy atom. The summed E-state index contributed by atoms with van der Waals surface area (Å²) in [5, 5.41) is 11.9. The van der Waals surface area contributed by atoms with Crippen LogP contribution < -0.4 is 0 Å². The summed E-state index contributed by atoms with van der Waals surface area (Å²) < 4.78 is 0. The van der Waals surface area contributed by atoms with Crippen molar-refractivity contribution < 1.29 is 0 Å². The summed E-state index contributed by atoms with van der Waals surface area (Å²) >= 11 is 0. The zero-order valence-corrected chi connectivity index (χ0v) is 28.3. The lowest BCUT2D eigenvalue weighted by Gasteiger charge is -2.22. The third-order valence-corrected chi connectivity index (χ3v) is 10.2. The fraction of sp³-hybridized carbons (Fsp3) is 0.0638. The highest BCUT2D eigenvalue weighted by molar-refractivity contribution is 5.97. The molecule has 0 unspecified atom stereocenters. The topological polar surface area (TPSA) is 62.5 Å². The second-order valence-corrected chi connectivity index (χ2v) is 13.7. The van der Waals surface area contributed by atoms with Gasteiger partial charge < -0.3 is 0 Å². The van der Waals surface area contributed by atoms with E-state index in [1.54, 1.807) is 6.20 Å². The van der Waals surface area contributed by atoms with Gasteiger partial charge in [-0.15, -0.1) is 0 Å². The van der Waals surface area contributed by atoms with Crippen LogP contribution in [0.4, 0.5) is 0 Å². The second kappa shape index (κ2) is 12.0. The average molecular weight is 653 g/mol. The van der Waals surface area contributed by atoms with Crippen LogP contribution in [-0.4, -0.2) is 15.0 Å². The van der Waals surface area contributed by atoms with Gasteiger partial charge >= 0.3 is 0 Å². The maximum atomic E-state index is 9.84. The van der Waals surface area contributed by atoms with E-state index in [0.29, 0.717) is 11.4 Å². The second-order valence-electron chi connectivity index (χ2n) is 13.7. The van der Waals surface area contributed by atoms with Crippen molar-refractivity contribution in [2.75, 3.05) is 0 Å². The molecule has 4 heteroatoms. The fourth-order valence-corrected chi connectivity index (χ4v) is 7.49. The van der Waals surface area contributed by atoms with Crippen LogP contribution in [0.15, 0.2) is 158 Å². The first-order chi connectivity index (χ1) is 25.0. The van der Waals surface area contributed by atoms with E-state index in [4.69, 9.17) is 9.97 Å². The molecule has 4 nitrogen and oxygen atoms in total. The summed E-state index contributed by atoms with van der Waals surface area (Å²) in [6, 6.07) is 53.0. The molecule has 0 saturated carbocycles. The monoisotopic (exact) mass is 652 g/mol. The predicted molar refractivity (Wildman–Crippen MR) is 207 cm³/mol. The van der Waals surface area contributed by atoms with Crippen molar-refractivity contribution in [2.24, 2.45) is 0 Å². The zero-order chi connectivity index (χ0) is 34.5. The van der Waals surface area contributed by atoms with Crippen LogP contribution in [0.1, 0.15) is 30.5 Å². The van der Waals surface area contributed by atoms with E-state index in [-0.39, 0.29) is 5.41 Å². The molecule has 240 valence electrons. The van der Waals surface area contributed by atoms with Crippen LogP contribution in [0, 0.1) is 11.3 Å². The molecule has 51 heavy (non-hydrogen) atoms. The van der Waals surface area contributed by atoms with Crippen molar-refractivity contribution in [3.8, 4) is 73.4 Å². The van der Waals surface area contributed by atoms with Gasteiger partial charge in [-0.1, -0.05) is 105 Å². The molecular weight excluding hydrogens is 621 g/mol. The molecule has 2 heterocycles. The van der Waals surface area contributed by atoms with Crippen LogP contribution in [-0.2, 0) is 5.41 Å². The van der Waals surface area contributed by atoms with Crippen molar-refractivity contribution in [3.05, 3.63) is 175 Å². The fourth-order valence-electron chi connectivity index (χ4n) is 7.49. The summed E-state index contributed by atoms with van der Waals surface area (Å²) in [4.78, 5) is 14.6. The SMILES string of the molecule is CC1(C)c2cc(-c3cc(-c4cccnc4)cc(-c4cc(-c5ccccc5)nc(-c5ccccc5)n4)c3)ccc2-c2cc3cccc(C#N)c3cc21. The van der Waals surface area contributed by atoms with Crippen LogP contribution in [0.25, 0.3) is 78.1 Å². The third-order valence-electron chi connectivity index (χ3n) is 10.2. The van der Waals surface area contributed by atoms with E-state index in [1.807, 2.05) is 60.8 Å². The number of nitriles is 1. The molecule has 9 rings (SSSR count). The van der Waals surface area contributed by atoms with Gasteiger partial charge in [-0.2, -0.15) is 5.26 Å². The highest BCUT2D eigenvalue weighted by Crippen LogP contribution is 2.51. The Morgan fingerprint density at radius 3 is 1.90 bits per heavy atom. The van der Waals surface area contributed by atoms with E-state index in [0.717, 1.165) is 61.1 Å².